The van der Waals surface area contributed by atoms with Gasteiger partial charge in [0.15, 0.2) is 6.54 Å². The van der Waals surface area contributed by atoms with Crippen molar-refractivity contribution in [1.29, 1.82) is 0 Å². The molecule has 1 saturated heterocycles. The molecule has 2 aliphatic rings. The van der Waals surface area contributed by atoms with Gasteiger partial charge in [0.25, 0.3) is 5.91 Å². The van der Waals surface area contributed by atoms with E-state index in [0.717, 1.165) is 51.1 Å². The van der Waals surface area contributed by atoms with E-state index >= 15 is 0 Å². The standard InChI is InChI=1S/C21H31N3O2/c1-2-17-8-6-7-11-19(17)22-20(25)16-23-12-14-24(15-13-23)21(26)18-9-4-3-5-10-18/h6-8,11,18H,2-5,9-10,12-16H2,1H3,(H,22,25)/p+1. The van der Waals surface area contributed by atoms with Gasteiger partial charge in [-0.2, -0.15) is 0 Å². The molecule has 5 heteroatoms. The fourth-order valence-corrected chi connectivity index (χ4v) is 4.20. The Morgan fingerprint density at radius 1 is 1.12 bits per heavy atom. The summed E-state index contributed by atoms with van der Waals surface area (Å²) in [5, 5.41) is 3.05. The maximum Gasteiger partial charge on any atom is 0.279 e. The second kappa shape index (κ2) is 9.17. The van der Waals surface area contributed by atoms with Crippen LogP contribution in [0.4, 0.5) is 5.69 Å². The number of aryl methyl sites for hydroxylation is 1. The van der Waals surface area contributed by atoms with Crippen LogP contribution in [-0.2, 0) is 16.0 Å². The smallest absolute Gasteiger partial charge is 0.279 e. The molecule has 2 N–H and O–H groups in total. The third-order valence-corrected chi connectivity index (χ3v) is 5.82. The summed E-state index contributed by atoms with van der Waals surface area (Å²) in [5.74, 6) is 0.664. The van der Waals surface area contributed by atoms with Crippen LogP contribution in [0.25, 0.3) is 0 Å². The van der Waals surface area contributed by atoms with Crippen LogP contribution in [0.2, 0.25) is 0 Å². The molecule has 1 aliphatic heterocycles. The molecule has 5 nitrogen and oxygen atoms in total. The van der Waals surface area contributed by atoms with Gasteiger partial charge in [-0.15, -0.1) is 0 Å². The van der Waals surface area contributed by atoms with Crippen molar-refractivity contribution in [2.75, 3.05) is 38.0 Å². The molecular weight excluding hydrogens is 326 g/mol. The number of nitrogens with zero attached hydrogens (tertiary/aromatic N) is 1. The van der Waals surface area contributed by atoms with E-state index in [9.17, 15) is 9.59 Å². The van der Waals surface area contributed by atoms with Crippen LogP contribution in [0.1, 0.15) is 44.6 Å². The van der Waals surface area contributed by atoms with Crippen molar-refractivity contribution < 1.29 is 14.5 Å². The van der Waals surface area contributed by atoms with Gasteiger partial charge in [-0.05, 0) is 30.9 Å². The number of hydrogen-bond acceptors (Lipinski definition) is 2. The summed E-state index contributed by atoms with van der Waals surface area (Å²) in [6, 6.07) is 7.98. The van der Waals surface area contributed by atoms with E-state index in [4.69, 9.17) is 0 Å². The summed E-state index contributed by atoms with van der Waals surface area (Å²) >= 11 is 0. The predicted molar refractivity (Wildman–Crippen MR) is 103 cm³/mol. The number of para-hydroxylation sites is 1. The Balaban J connectivity index is 1.44. The topological polar surface area (TPSA) is 53.9 Å². The van der Waals surface area contributed by atoms with Crippen LogP contribution >= 0.6 is 0 Å². The Hall–Kier alpha value is -1.88. The van der Waals surface area contributed by atoms with E-state index in [1.807, 2.05) is 23.1 Å². The van der Waals surface area contributed by atoms with Gasteiger partial charge in [-0.25, -0.2) is 0 Å². The van der Waals surface area contributed by atoms with E-state index < -0.39 is 0 Å². The van der Waals surface area contributed by atoms with Gasteiger partial charge in [0, 0.05) is 11.6 Å². The number of quaternary nitrogens is 1. The number of anilines is 1. The Kier molecular flexibility index (Phi) is 6.67. The van der Waals surface area contributed by atoms with E-state index in [1.54, 1.807) is 0 Å². The number of rotatable bonds is 5. The van der Waals surface area contributed by atoms with Gasteiger partial charge in [-0.3, -0.25) is 9.59 Å². The van der Waals surface area contributed by atoms with Crippen molar-refractivity contribution in [3.8, 4) is 0 Å². The van der Waals surface area contributed by atoms with Crippen molar-refractivity contribution in [3.05, 3.63) is 29.8 Å². The second-order valence-electron chi connectivity index (χ2n) is 7.65. The number of hydrogen-bond donors (Lipinski definition) is 2. The molecule has 1 aromatic rings. The molecule has 3 rings (SSSR count). The number of carbonyl (C=O) groups excluding carboxylic acids is 2. The second-order valence-corrected chi connectivity index (χ2v) is 7.65. The average molecular weight is 359 g/mol. The summed E-state index contributed by atoms with van der Waals surface area (Å²) < 4.78 is 0. The van der Waals surface area contributed by atoms with E-state index in [2.05, 4.69) is 18.3 Å². The molecule has 0 radical (unpaired) electrons. The zero-order valence-electron chi connectivity index (χ0n) is 15.9. The Labute approximate surface area is 156 Å². The molecule has 0 unspecified atom stereocenters. The molecule has 1 aliphatic carbocycles. The van der Waals surface area contributed by atoms with E-state index in [0.29, 0.717) is 12.5 Å². The average Bonchev–Trinajstić information content (AvgIpc) is 2.69. The third kappa shape index (κ3) is 4.85. The van der Waals surface area contributed by atoms with Gasteiger partial charge < -0.3 is 15.1 Å². The highest BCUT2D eigenvalue weighted by Crippen LogP contribution is 2.25. The highest BCUT2D eigenvalue weighted by molar-refractivity contribution is 5.92. The highest BCUT2D eigenvalue weighted by Gasteiger charge is 2.30. The maximum absolute atomic E-state index is 12.6. The first-order valence-electron chi connectivity index (χ1n) is 10.2. The fourth-order valence-electron chi connectivity index (χ4n) is 4.20. The van der Waals surface area contributed by atoms with Crippen LogP contribution in [0.3, 0.4) is 0 Å². The molecule has 1 heterocycles. The molecule has 0 spiro atoms. The van der Waals surface area contributed by atoms with E-state index in [1.165, 1.54) is 29.7 Å². The van der Waals surface area contributed by atoms with Crippen LogP contribution in [-0.4, -0.2) is 49.4 Å². The molecule has 0 atom stereocenters. The Bertz CT molecular complexity index is 617. The largest absolute Gasteiger partial charge is 0.331 e. The van der Waals surface area contributed by atoms with Crippen molar-refractivity contribution in [2.45, 2.75) is 45.4 Å². The van der Waals surface area contributed by atoms with Gasteiger partial charge in [0.2, 0.25) is 5.91 Å². The lowest BCUT2D eigenvalue weighted by atomic mass is 9.88. The minimum Gasteiger partial charge on any atom is -0.331 e. The first-order valence-corrected chi connectivity index (χ1v) is 10.2. The minimum atomic E-state index is 0.0629. The van der Waals surface area contributed by atoms with Crippen LogP contribution in [0.15, 0.2) is 24.3 Å². The van der Waals surface area contributed by atoms with Crippen LogP contribution < -0.4 is 10.2 Å². The number of nitrogens with one attached hydrogen (secondary N) is 2. The van der Waals surface area contributed by atoms with Crippen LogP contribution in [0.5, 0.6) is 0 Å². The molecule has 1 saturated carbocycles. The predicted octanol–water partition coefficient (Wildman–Crippen LogP) is 1.49. The molecule has 1 aromatic carbocycles. The number of piperazine rings is 1. The molecule has 2 amide bonds. The van der Waals surface area contributed by atoms with Crippen molar-refractivity contribution in [1.82, 2.24) is 4.90 Å². The minimum absolute atomic E-state index is 0.0629. The Morgan fingerprint density at radius 2 is 1.81 bits per heavy atom. The van der Waals surface area contributed by atoms with Gasteiger partial charge in [0.1, 0.15) is 0 Å². The zero-order chi connectivity index (χ0) is 18.4. The molecule has 0 aromatic heterocycles. The van der Waals surface area contributed by atoms with Crippen molar-refractivity contribution >= 4 is 17.5 Å². The summed E-state index contributed by atoms with van der Waals surface area (Å²) in [4.78, 5) is 28.3. The molecule has 26 heavy (non-hydrogen) atoms. The molecule has 0 bridgehead atoms. The van der Waals surface area contributed by atoms with Crippen molar-refractivity contribution in [2.24, 2.45) is 5.92 Å². The normalized spacial score (nSPS) is 19.3. The van der Waals surface area contributed by atoms with Gasteiger partial charge in [0.05, 0.1) is 26.2 Å². The first kappa shape index (κ1) is 18.9. The quantitative estimate of drug-likeness (QED) is 0.838. The maximum atomic E-state index is 12.6. The van der Waals surface area contributed by atoms with Crippen molar-refractivity contribution in [3.63, 3.8) is 0 Å². The highest BCUT2D eigenvalue weighted by atomic mass is 16.2. The summed E-state index contributed by atoms with van der Waals surface area (Å²) in [5.41, 5.74) is 2.09. The Morgan fingerprint density at radius 3 is 2.50 bits per heavy atom. The lowest BCUT2D eigenvalue weighted by Gasteiger charge is -2.34. The molecular formula is C21H32N3O2+. The third-order valence-electron chi connectivity index (χ3n) is 5.82. The fraction of sp³-hybridized carbons (Fsp3) is 0.619. The summed E-state index contributed by atoms with van der Waals surface area (Å²) in [7, 11) is 0. The van der Waals surface area contributed by atoms with Crippen LogP contribution in [0, 0.1) is 5.92 Å². The zero-order valence-corrected chi connectivity index (χ0v) is 15.9. The summed E-state index contributed by atoms with van der Waals surface area (Å²) in [6.07, 6.45) is 6.70. The first-order chi connectivity index (χ1) is 12.7. The van der Waals surface area contributed by atoms with E-state index in [-0.39, 0.29) is 11.8 Å². The summed E-state index contributed by atoms with van der Waals surface area (Å²) in [6.45, 7) is 5.86. The number of benzene rings is 1. The van der Waals surface area contributed by atoms with Gasteiger partial charge >= 0.3 is 0 Å². The SMILES string of the molecule is CCc1ccccc1NC(=O)C[NH+]1CCN(C(=O)C2CCCCC2)CC1. The molecule has 2 fully saturated rings. The van der Waals surface area contributed by atoms with Gasteiger partial charge in [-0.1, -0.05) is 44.4 Å². The molecule has 142 valence electrons. The monoisotopic (exact) mass is 358 g/mol. The lowest BCUT2D eigenvalue weighted by molar-refractivity contribution is -0.895. The number of carbonyl (C=O) groups is 2. The lowest BCUT2D eigenvalue weighted by Crippen LogP contribution is -3.15. The number of amides is 2.